The highest BCUT2D eigenvalue weighted by Gasteiger charge is 2.28. The third-order valence-electron chi connectivity index (χ3n) is 3.66. The van der Waals surface area contributed by atoms with E-state index < -0.39 is 0 Å². The van der Waals surface area contributed by atoms with Gasteiger partial charge in [-0.15, -0.1) is 0 Å². The number of hydrogen-bond acceptors (Lipinski definition) is 7. The standard InChI is InChI=1S/C13H19N7O/c1-14-11-16-12(19(2)7-9-5-10(21)6-9)18-13(17-11)20-4-3-15-8-20/h3-4,8-10,21H,5-7H2,1-2H3,(H,14,16,17,18). The van der Waals surface area contributed by atoms with Gasteiger partial charge in [0.25, 0.3) is 0 Å². The Morgan fingerprint density at radius 1 is 1.38 bits per heavy atom. The van der Waals surface area contributed by atoms with E-state index in [-0.39, 0.29) is 6.10 Å². The topological polar surface area (TPSA) is 92.0 Å². The molecular formula is C13H19N7O. The molecule has 2 N–H and O–H groups in total. The van der Waals surface area contributed by atoms with Crippen LogP contribution >= 0.6 is 0 Å². The Morgan fingerprint density at radius 2 is 2.19 bits per heavy atom. The Bertz CT molecular complexity index is 595. The lowest BCUT2D eigenvalue weighted by molar-refractivity contribution is 0.0463. The molecule has 0 radical (unpaired) electrons. The van der Waals surface area contributed by atoms with Crippen LogP contribution in [0.5, 0.6) is 0 Å². The Kier molecular flexibility index (Phi) is 3.70. The molecule has 0 atom stereocenters. The monoisotopic (exact) mass is 289 g/mol. The molecule has 1 aliphatic rings. The quantitative estimate of drug-likeness (QED) is 0.818. The Hall–Kier alpha value is -2.22. The van der Waals surface area contributed by atoms with Gasteiger partial charge in [-0.05, 0) is 18.8 Å². The van der Waals surface area contributed by atoms with Crippen molar-refractivity contribution in [2.24, 2.45) is 5.92 Å². The van der Waals surface area contributed by atoms with Crippen molar-refractivity contribution in [3.05, 3.63) is 18.7 Å². The van der Waals surface area contributed by atoms with Crippen molar-refractivity contribution in [3.8, 4) is 5.95 Å². The SMILES string of the molecule is CNc1nc(N(C)CC2CC(O)C2)nc(-n2ccnc2)n1. The summed E-state index contributed by atoms with van der Waals surface area (Å²) in [4.78, 5) is 19.2. The summed E-state index contributed by atoms with van der Waals surface area (Å²) in [5, 5.41) is 12.3. The lowest BCUT2D eigenvalue weighted by Gasteiger charge is -2.34. The van der Waals surface area contributed by atoms with Crippen molar-refractivity contribution < 1.29 is 5.11 Å². The molecule has 2 aromatic rings. The summed E-state index contributed by atoms with van der Waals surface area (Å²) in [7, 11) is 3.73. The maximum atomic E-state index is 9.37. The van der Waals surface area contributed by atoms with Crippen molar-refractivity contribution in [1.29, 1.82) is 0 Å². The maximum absolute atomic E-state index is 9.37. The van der Waals surface area contributed by atoms with Gasteiger partial charge in [0.05, 0.1) is 6.10 Å². The number of aliphatic hydroxyl groups is 1. The van der Waals surface area contributed by atoms with Gasteiger partial charge in [-0.2, -0.15) is 15.0 Å². The van der Waals surface area contributed by atoms with E-state index in [1.165, 1.54) is 0 Å². The molecule has 0 aliphatic heterocycles. The summed E-state index contributed by atoms with van der Waals surface area (Å²) in [6.07, 6.45) is 6.69. The van der Waals surface area contributed by atoms with Crippen molar-refractivity contribution >= 4 is 11.9 Å². The number of nitrogens with zero attached hydrogens (tertiary/aromatic N) is 6. The van der Waals surface area contributed by atoms with Crippen LogP contribution in [0.3, 0.4) is 0 Å². The third kappa shape index (κ3) is 2.94. The van der Waals surface area contributed by atoms with Crippen LogP contribution in [-0.4, -0.2) is 56.4 Å². The van der Waals surface area contributed by atoms with E-state index in [0.29, 0.717) is 23.8 Å². The van der Waals surface area contributed by atoms with Crippen LogP contribution < -0.4 is 10.2 Å². The van der Waals surface area contributed by atoms with Gasteiger partial charge >= 0.3 is 0 Å². The van der Waals surface area contributed by atoms with E-state index in [1.807, 2.05) is 11.9 Å². The van der Waals surface area contributed by atoms with Crippen LogP contribution in [0.2, 0.25) is 0 Å². The number of nitrogens with one attached hydrogen (secondary N) is 1. The highest BCUT2D eigenvalue weighted by Crippen LogP contribution is 2.28. The van der Waals surface area contributed by atoms with Gasteiger partial charge in [0.2, 0.25) is 17.8 Å². The fourth-order valence-electron chi connectivity index (χ4n) is 2.45. The molecule has 0 bridgehead atoms. The van der Waals surface area contributed by atoms with Crippen molar-refractivity contribution in [1.82, 2.24) is 24.5 Å². The minimum atomic E-state index is -0.142. The highest BCUT2D eigenvalue weighted by atomic mass is 16.3. The smallest absolute Gasteiger partial charge is 0.241 e. The minimum absolute atomic E-state index is 0.142. The number of anilines is 2. The Morgan fingerprint density at radius 3 is 2.81 bits per heavy atom. The summed E-state index contributed by atoms with van der Waals surface area (Å²) in [5.41, 5.74) is 0. The van der Waals surface area contributed by atoms with Crippen molar-refractivity contribution in [2.75, 3.05) is 30.9 Å². The Labute approximate surface area is 122 Å². The van der Waals surface area contributed by atoms with Crippen LogP contribution in [0.4, 0.5) is 11.9 Å². The number of aromatic nitrogens is 5. The first-order valence-corrected chi connectivity index (χ1v) is 6.97. The molecule has 0 spiro atoms. The van der Waals surface area contributed by atoms with E-state index in [9.17, 15) is 5.11 Å². The molecule has 0 amide bonds. The first-order valence-electron chi connectivity index (χ1n) is 6.97. The van der Waals surface area contributed by atoms with Gasteiger partial charge in [0, 0.05) is 33.0 Å². The molecule has 2 aromatic heterocycles. The van der Waals surface area contributed by atoms with Crippen LogP contribution in [0, 0.1) is 5.92 Å². The average Bonchev–Trinajstić information content (AvgIpc) is 2.99. The predicted molar refractivity (Wildman–Crippen MR) is 78.5 cm³/mol. The van der Waals surface area contributed by atoms with Gasteiger partial charge in [0.1, 0.15) is 6.33 Å². The average molecular weight is 289 g/mol. The van der Waals surface area contributed by atoms with Crippen LogP contribution in [0.15, 0.2) is 18.7 Å². The molecule has 3 rings (SSSR count). The second-order valence-corrected chi connectivity index (χ2v) is 5.35. The van der Waals surface area contributed by atoms with Crippen molar-refractivity contribution in [2.45, 2.75) is 18.9 Å². The Balaban J connectivity index is 1.82. The van der Waals surface area contributed by atoms with Gasteiger partial charge in [-0.1, -0.05) is 0 Å². The summed E-state index contributed by atoms with van der Waals surface area (Å²) >= 11 is 0. The van der Waals surface area contributed by atoms with Gasteiger partial charge in [-0.3, -0.25) is 4.57 Å². The van der Waals surface area contributed by atoms with E-state index in [0.717, 1.165) is 19.4 Å². The molecule has 21 heavy (non-hydrogen) atoms. The molecule has 0 saturated heterocycles. The van der Waals surface area contributed by atoms with E-state index in [1.54, 1.807) is 30.3 Å². The second-order valence-electron chi connectivity index (χ2n) is 5.35. The number of imidazole rings is 1. The van der Waals surface area contributed by atoms with E-state index in [4.69, 9.17) is 0 Å². The second kappa shape index (κ2) is 5.65. The zero-order chi connectivity index (χ0) is 14.8. The van der Waals surface area contributed by atoms with Gasteiger partial charge in [0.15, 0.2) is 0 Å². The van der Waals surface area contributed by atoms with Crippen molar-refractivity contribution in [3.63, 3.8) is 0 Å². The summed E-state index contributed by atoms with van der Waals surface area (Å²) in [6, 6.07) is 0. The summed E-state index contributed by atoms with van der Waals surface area (Å²) in [5.74, 6) is 2.16. The first kappa shape index (κ1) is 13.7. The van der Waals surface area contributed by atoms with Crippen LogP contribution in [0.1, 0.15) is 12.8 Å². The molecule has 8 nitrogen and oxygen atoms in total. The lowest BCUT2D eigenvalue weighted by Crippen LogP contribution is -2.37. The summed E-state index contributed by atoms with van der Waals surface area (Å²) < 4.78 is 1.74. The molecule has 1 saturated carbocycles. The van der Waals surface area contributed by atoms with Gasteiger partial charge < -0.3 is 15.3 Å². The van der Waals surface area contributed by atoms with Gasteiger partial charge in [-0.25, -0.2) is 4.98 Å². The maximum Gasteiger partial charge on any atom is 0.241 e. The normalized spacial score (nSPS) is 20.9. The molecule has 112 valence electrons. The number of hydrogen-bond donors (Lipinski definition) is 2. The number of rotatable bonds is 5. The van der Waals surface area contributed by atoms with Crippen LogP contribution in [-0.2, 0) is 0 Å². The molecule has 8 heteroatoms. The zero-order valence-electron chi connectivity index (χ0n) is 12.1. The lowest BCUT2D eigenvalue weighted by atomic mass is 9.82. The molecule has 1 fully saturated rings. The molecule has 2 heterocycles. The third-order valence-corrected chi connectivity index (χ3v) is 3.66. The zero-order valence-corrected chi connectivity index (χ0v) is 12.1. The fourth-order valence-corrected chi connectivity index (χ4v) is 2.45. The highest BCUT2D eigenvalue weighted by molar-refractivity contribution is 5.39. The van der Waals surface area contributed by atoms with E-state index in [2.05, 4.69) is 25.3 Å². The molecule has 0 aromatic carbocycles. The summed E-state index contributed by atoms with van der Waals surface area (Å²) in [6.45, 7) is 0.827. The first-order chi connectivity index (χ1) is 10.2. The molecular weight excluding hydrogens is 270 g/mol. The van der Waals surface area contributed by atoms with E-state index >= 15 is 0 Å². The fraction of sp³-hybridized carbons (Fsp3) is 0.538. The minimum Gasteiger partial charge on any atom is -0.393 e. The molecule has 0 unspecified atom stereocenters. The predicted octanol–water partition coefficient (Wildman–Crippen LogP) is 0.306. The molecule has 1 aliphatic carbocycles. The number of aliphatic hydroxyl groups excluding tert-OH is 1. The van der Waals surface area contributed by atoms with Crippen LogP contribution in [0.25, 0.3) is 5.95 Å². The largest absolute Gasteiger partial charge is 0.393 e.